The lowest BCUT2D eigenvalue weighted by molar-refractivity contribution is 0.165. The molecule has 0 aromatic carbocycles. The summed E-state index contributed by atoms with van der Waals surface area (Å²) in [6.07, 6.45) is 85.5. The van der Waals surface area contributed by atoms with Crippen LogP contribution in [-0.4, -0.2) is 23.8 Å². The second-order valence-corrected chi connectivity index (χ2v) is 24.0. The summed E-state index contributed by atoms with van der Waals surface area (Å²) in [7, 11) is 0. The summed E-state index contributed by atoms with van der Waals surface area (Å²) in [5, 5.41) is 15.3. The van der Waals surface area contributed by atoms with Gasteiger partial charge in [0.05, 0.1) is 6.61 Å². The van der Waals surface area contributed by atoms with E-state index in [-0.39, 0.29) is 6.04 Å². The molecule has 2 nitrogen and oxygen atoms in total. The maximum Gasteiger partial charge on any atom is 0.0587 e. The minimum atomic E-state index is 0.284. The average molecular weight is 987 g/mol. The normalized spacial score (nSPS) is 12.4. The fourth-order valence-corrected chi connectivity index (χ4v) is 11.9. The molecule has 0 aromatic heterocycles. The van der Waals surface area contributed by atoms with Gasteiger partial charge in [0.1, 0.15) is 0 Å². The summed E-state index contributed by atoms with van der Waals surface area (Å²) in [5.74, 6) is 0.634. The van der Waals surface area contributed by atoms with Crippen molar-refractivity contribution in [3.63, 3.8) is 0 Å². The van der Waals surface area contributed by atoms with Crippen molar-refractivity contribution in [2.75, 3.05) is 6.61 Å². The third-order valence-corrected chi connectivity index (χ3v) is 16.9. The molecule has 70 heavy (non-hydrogen) atoms. The minimum absolute atomic E-state index is 0.284. The molecule has 0 aromatic rings. The first kappa shape index (κ1) is 69.9. The summed E-state index contributed by atoms with van der Waals surface area (Å²) in [6.45, 7) is 9.62. The molecule has 0 amide bonds. The number of nitrogens with one attached hydrogen (secondary N) is 1. The summed E-state index contributed by atoms with van der Waals surface area (Å²) in [5.41, 5.74) is 0. The van der Waals surface area contributed by atoms with Crippen molar-refractivity contribution in [1.29, 1.82) is 0 Å². The van der Waals surface area contributed by atoms with E-state index in [1.165, 1.54) is 385 Å². The third kappa shape index (κ3) is 55.7. The van der Waals surface area contributed by atoms with E-state index in [4.69, 9.17) is 0 Å². The molecule has 0 saturated heterocycles. The number of aliphatic hydroxyl groups is 1. The van der Waals surface area contributed by atoms with E-state index in [0.717, 1.165) is 0 Å². The van der Waals surface area contributed by atoms with Crippen LogP contribution in [0.25, 0.3) is 0 Å². The monoisotopic (exact) mass is 986 g/mol. The molecule has 0 aliphatic heterocycles. The first-order chi connectivity index (χ1) is 34.7. The van der Waals surface area contributed by atoms with Crippen LogP contribution >= 0.6 is 0 Å². The van der Waals surface area contributed by atoms with E-state index < -0.39 is 0 Å². The SMILES string of the molecule is CCCCCCCCCCCCCCCCC(CCCCCCCCCCCCCCCC)NC(CO)C(CCCCCCCCCCCCCCCC)CCCCCCCCCCCCCCCC. The molecule has 2 heteroatoms. The van der Waals surface area contributed by atoms with Gasteiger partial charge in [-0.3, -0.25) is 0 Å². The van der Waals surface area contributed by atoms with Crippen LogP contribution in [0.5, 0.6) is 0 Å². The lowest BCUT2D eigenvalue weighted by Crippen LogP contribution is -2.45. The van der Waals surface area contributed by atoms with E-state index in [9.17, 15) is 5.11 Å². The quantitative estimate of drug-likeness (QED) is 0.0595. The molecule has 0 heterocycles. The smallest absolute Gasteiger partial charge is 0.0587 e. The fraction of sp³-hybridized carbons (Fsp3) is 1.00. The largest absolute Gasteiger partial charge is 0.395 e. The Bertz CT molecular complexity index is 824. The first-order valence-electron chi connectivity index (χ1n) is 34.1. The van der Waals surface area contributed by atoms with Crippen LogP contribution in [0.1, 0.15) is 413 Å². The van der Waals surface area contributed by atoms with Gasteiger partial charge in [-0.15, -0.1) is 0 Å². The highest BCUT2D eigenvalue weighted by molar-refractivity contribution is 4.81. The molecular formula is C68H139NO. The molecule has 0 aliphatic rings. The zero-order valence-electron chi connectivity index (χ0n) is 49.8. The predicted octanol–water partition coefficient (Wildman–Crippen LogP) is 24.4. The zero-order chi connectivity index (χ0) is 50.6. The lowest BCUT2D eigenvalue weighted by Gasteiger charge is -2.31. The number of unbranched alkanes of at least 4 members (excludes halogenated alkanes) is 52. The van der Waals surface area contributed by atoms with E-state index in [1.807, 2.05) is 0 Å². The minimum Gasteiger partial charge on any atom is -0.395 e. The van der Waals surface area contributed by atoms with Crippen LogP contribution in [-0.2, 0) is 0 Å². The van der Waals surface area contributed by atoms with Gasteiger partial charge >= 0.3 is 0 Å². The molecule has 0 bridgehead atoms. The van der Waals surface area contributed by atoms with Crippen molar-refractivity contribution < 1.29 is 5.11 Å². The number of aliphatic hydroxyl groups excluding tert-OH is 1. The molecule has 422 valence electrons. The molecule has 0 aliphatic carbocycles. The first-order valence-corrected chi connectivity index (χ1v) is 34.1. The zero-order valence-corrected chi connectivity index (χ0v) is 49.8. The van der Waals surface area contributed by atoms with Crippen molar-refractivity contribution in [3.8, 4) is 0 Å². The van der Waals surface area contributed by atoms with Crippen LogP contribution in [0.2, 0.25) is 0 Å². The summed E-state index contributed by atoms with van der Waals surface area (Å²) < 4.78 is 0. The number of hydrogen-bond acceptors (Lipinski definition) is 2. The molecule has 0 radical (unpaired) electrons. The Morgan fingerprint density at radius 1 is 0.214 bits per heavy atom. The molecule has 1 atom stereocenters. The molecule has 0 spiro atoms. The van der Waals surface area contributed by atoms with Gasteiger partial charge in [0.15, 0.2) is 0 Å². The van der Waals surface area contributed by atoms with E-state index in [1.54, 1.807) is 0 Å². The van der Waals surface area contributed by atoms with Crippen LogP contribution in [0.3, 0.4) is 0 Å². The van der Waals surface area contributed by atoms with Gasteiger partial charge in [0.2, 0.25) is 0 Å². The third-order valence-electron chi connectivity index (χ3n) is 16.9. The molecule has 0 fully saturated rings. The number of rotatable bonds is 64. The topological polar surface area (TPSA) is 32.3 Å². The van der Waals surface area contributed by atoms with Gasteiger partial charge in [-0.05, 0) is 31.6 Å². The molecule has 2 N–H and O–H groups in total. The highest BCUT2D eigenvalue weighted by atomic mass is 16.3. The van der Waals surface area contributed by atoms with Crippen LogP contribution in [0.4, 0.5) is 0 Å². The maximum atomic E-state index is 11.1. The standard InChI is InChI=1S/C68H139NO/c1-5-9-13-17-21-25-29-33-37-41-45-49-53-57-61-66(62-58-54-50-46-42-38-34-30-26-22-18-14-10-6-2)68(65-70)69-67(63-59-55-51-47-43-39-35-31-27-23-19-15-11-7-3)64-60-56-52-48-44-40-36-32-28-24-20-16-12-8-4/h66-70H,5-65H2,1-4H3. The second kappa shape index (κ2) is 63.2. The predicted molar refractivity (Wildman–Crippen MR) is 321 cm³/mol. The van der Waals surface area contributed by atoms with Crippen molar-refractivity contribution in [3.05, 3.63) is 0 Å². The van der Waals surface area contributed by atoms with E-state index in [0.29, 0.717) is 18.6 Å². The van der Waals surface area contributed by atoms with Crippen molar-refractivity contribution in [2.24, 2.45) is 5.92 Å². The van der Waals surface area contributed by atoms with Crippen LogP contribution < -0.4 is 5.32 Å². The Morgan fingerprint density at radius 2 is 0.371 bits per heavy atom. The molecule has 0 saturated carbocycles. The Hall–Kier alpha value is -0.0800. The van der Waals surface area contributed by atoms with Crippen molar-refractivity contribution in [2.45, 2.75) is 425 Å². The van der Waals surface area contributed by atoms with Gasteiger partial charge in [0.25, 0.3) is 0 Å². The fourth-order valence-electron chi connectivity index (χ4n) is 11.9. The van der Waals surface area contributed by atoms with Crippen LogP contribution in [0.15, 0.2) is 0 Å². The summed E-state index contributed by atoms with van der Waals surface area (Å²) in [4.78, 5) is 0. The average Bonchev–Trinajstić information content (AvgIpc) is 3.37. The Balaban J connectivity index is 5.04. The second-order valence-electron chi connectivity index (χ2n) is 24.0. The highest BCUT2D eigenvalue weighted by Crippen LogP contribution is 2.26. The number of hydrogen-bond donors (Lipinski definition) is 2. The maximum absolute atomic E-state index is 11.1. The van der Waals surface area contributed by atoms with Gasteiger partial charge in [0, 0.05) is 12.1 Å². The van der Waals surface area contributed by atoms with Gasteiger partial charge < -0.3 is 10.4 Å². The lowest BCUT2D eigenvalue weighted by atomic mass is 9.87. The molecule has 1 unspecified atom stereocenters. The molecular weight excluding hydrogens is 847 g/mol. The Labute approximate surface area is 446 Å². The highest BCUT2D eigenvalue weighted by Gasteiger charge is 2.23. The summed E-state index contributed by atoms with van der Waals surface area (Å²) >= 11 is 0. The van der Waals surface area contributed by atoms with Gasteiger partial charge in [-0.25, -0.2) is 0 Å². The van der Waals surface area contributed by atoms with E-state index in [2.05, 4.69) is 33.0 Å². The van der Waals surface area contributed by atoms with Crippen molar-refractivity contribution in [1.82, 2.24) is 5.32 Å². The van der Waals surface area contributed by atoms with E-state index >= 15 is 0 Å². The molecule has 0 rings (SSSR count). The van der Waals surface area contributed by atoms with Crippen LogP contribution in [0, 0.1) is 5.92 Å². The Morgan fingerprint density at radius 3 is 0.543 bits per heavy atom. The van der Waals surface area contributed by atoms with Gasteiger partial charge in [-0.2, -0.15) is 0 Å². The summed E-state index contributed by atoms with van der Waals surface area (Å²) in [6, 6.07) is 0.870. The Kier molecular flexibility index (Phi) is 63.1. The van der Waals surface area contributed by atoms with Gasteiger partial charge in [-0.1, -0.05) is 387 Å². The van der Waals surface area contributed by atoms with Crippen molar-refractivity contribution >= 4 is 0 Å².